The SMILES string of the molecule is CN=C1NC(N)(c2ccc(-n3cnc(Cl)c3)c(OC)c2)NC2=C1CCC2c1cc(F)cc(F)c1. The molecular formula is C24H23ClF2N6O. The molecule has 34 heavy (non-hydrogen) atoms. The summed E-state index contributed by atoms with van der Waals surface area (Å²) in [5, 5.41) is 7.05. The number of allylic oxidation sites excluding steroid dienone is 1. The molecule has 0 spiro atoms. The van der Waals surface area contributed by atoms with Crippen molar-refractivity contribution in [2.45, 2.75) is 24.5 Å². The summed E-state index contributed by atoms with van der Waals surface area (Å²) >= 11 is 5.97. The van der Waals surface area contributed by atoms with Crippen LogP contribution in [0.2, 0.25) is 5.15 Å². The number of benzene rings is 2. The number of hydrogen-bond acceptors (Lipinski definition) is 5. The number of imidazole rings is 1. The average molecular weight is 485 g/mol. The van der Waals surface area contributed by atoms with Crippen molar-refractivity contribution in [2.75, 3.05) is 14.2 Å². The van der Waals surface area contributed by atoms with Crippen molar-refractivity contribution in [1.29, 1.82) is 0 Å². The molecule has 4 N–H and O–H groups in total. The number of hydrogen-bond donors (Lipinski definition) is 3. The fraction of sp³-hybridized carbons (Fsp3) is 0.250. The van der Waals surface area contributed by atoms with E-state index in [2.05, 4.69) is 20.6 Å². The highest BCUT2D eigenvalue weighted by Gasteiger charge is 2.41. The number of rotatable bonds is 4. The number of nitrogens with zero attached hydrogens (tertiary/aromatic N) is 3. The summed E-state index contributed by atoms with van der Waals surface area (Å²) in [4.78, 5) is 8.46. The smallest absolute Gasteiger partial charge is 0.190 e. The van der Waals surface area contributed by atoms with Crippen molar-refractivity contribution < 1.29 is 13.5 Å². The van der Waals surface area contributed by atoms with Crippen LogP contribution in [0.1, 0.15) is 29.9 Å². The van der Waals surface area contributed by atoms with Gasteiger partial charge in [-0.15, -0.1) is 0 Å². The lowest BCUT2D eigenvalue weighted by Crippen LogP contribution is -2.65. The molecule has 2 unspecified atom stereocenters. The van der Waals surface area contributed by atoms with Crippen molar-refractivity contribution in [1.82, 2.24) is 20.2 Å². The number of aromatic nitrogens is 2. The molecule has 7 nitrogen and oxygen atoms in total. The fourth-order valence-electron chi connectivity index (χ4n) is 4.70. The Morgan fingerprint density at radius 2 is 1.97 bits per heavy atom. The van der Waals surface area contributed by atoms with Gasteiger partial charge in [0.15, 0.2) is 5.79 Å². The van der Waals surface area contributed by atoms with E-state index in [0.29, 0.717) is 40.7 Å². The molecule has 0 amide bonds. The Morgan fingerprint density at radius 1 is 1.21 bits per heavy atom. The molecule has 1 aliphatic carbocycles. The zero-order chi connectivity index (χ0) is 24.0. The van der Waals surface area contributed by atoms with E-state index in [-0.39, 0.29) is 5.92 Å². The van der Waals surface area contributed by atoms with Gasteiger partial charge in [-0.3, -0.25) is 10.7 Å². The second kappa shape index (κ2) is 8.41. The molecule has 2 atom stereocenters. The monoisotopic (exact) mass is 484 g/mol. The predicted molar refractivity (Wildman–Crippen MR) is 126 cm³/mol. The molecule has 0 bridgehead atoms. The minimum absolute atomic E-state index is 0.240. The Morgan fingerprint density at radius 3 is 2.62 bits per heavy atom. The molecule has 0 saturated heterocycles. The third-order valence-electron chi connectivity index (χ3n) is 6.27. The quantitative estimate of drug-likeness (QED) is 0.522. The zero-order valence-corrected chi connectivity index (χ0v) is 19.3. The normalized spacial score (nSPS) is 23.0. The van der Waals surface area contributed by atoms with Crippen LogP contribution in [0.15, 0.2) is 65.2 Å². The second-order valence-corrected chi connectivity index (χ2v) is 8.69. The number of aliphatic imine (C=N–C) groups is 1. The standard InChI is InChI=1S/C24H23ClF2N6O/c1-29-23-18-5-4-17(13-7-15(26)10-16(27)8-13)22(18)31-24(28,32-23)14-3-6-19(20(9-14)34-2)33-11-21(25)30-12-33/h3,6-12,17,31H,4-5,28H2,1-2H3,(H,29,32). The lowest BCUT2D eigenvalue weighted by Gasteiger charge is -2.40. The van der Waals surface area contributed by atoms with Gasteiger partial charge in [-0.1, -0.05) is 17.7 Å². The molecule has 0 saturated carbocycles. The highest BCUT2D eigenvalue weighted by atomic mass is 35.5. The third kappa shape index (κ3) is 3.80. The van der Waals surface area contributed by atoms with E-state index in [1.165, 1.54) is 12.1 Å². The number of nitrogens with one attached hydrogen (secondary N) is 2. The molecule has 1 aliphatic heterocycles. The summed E-state index contributed by atoms with van der Waals surface area (Å²) in [5.41, 5.74) is 10.6. The van der Waals surface area contributed by atoms with Gasteiger partial charge in [0.05, 0.1) is 12.8 Å². The van der Waals surface area contributed by atoms with E-state index in [1.807, 2.05) is 18.2 Å². The summed E-state index contributed by atoms with van der Waals surface area (Å²) in [5.74, 6) is -1.50. The average Bonchev–Trinajstić information content (AvgIpc) is 3.43. The summed E-state index contributed by atoms with van der Waals surface area (Å²) in [6.45, 7) is 0. The van der Waals surface area contributed by atoms with Gasteiger partial charge < -0.3 is 19.9 Å². The molecular weight excluding hydrogens is 462 g/mol. The van der Waals surface area contributed by atoms with Gasteiger partial charge in [-0.05, 0) is 42.7 Å². The number of methoxy groups -OCH3 is 1. The highest BCUT2D eigenvalue weighted by molar-refractivity contribution is 6.29. The molecule has 2 heterocycles. The van der Waals surface area contributed by atoms with Crippen LogP contribution >= 0.6 is 11.6 Å². The van der Waals surface area contributed by atoms with Crippen LogP contribution in [0.5, 0.6) is 5.75 Å². The molecule has 10 heteroatoms. The fourth-order valence-corrected chi connectivity index (χ4v) is 4.85. The first-order chi connectivity index (χ1) is 16.3. The predicted octanol–water partition coefficient (Wildman–Crippen LogP) is 3.93. The van der Waals surface area contributed by atoms with Crippen LogP contribution in [0.4, 0.5) is 8.78 Å². The highest BCUT2D eigenvalue weighted by Crippen LogP contribution is 2.42. The minimum atomic E-state index is -1.24. The summed E-state index contributed by atoms with van der Waals surface area (Å²) < 4.78 is 35.3. The van der Waals surface area contributed by atoms with E-state index in [9.17, 15) is 8.78 Å². The third-order valence-corrected chi connectivity index (χ3v) is 6.46. The number of ether oxygens (including phenoxy) is 1. The van der Waals surface area contributed by atoms with Crippen molar-refractivity contribution in [3.05, 3.63) is 88.1 Å². The van der Waals surface area contributed by atoms with Crippen LogP contribution in [-0.2, 0) is 5.79 Å². The number of nitrogens with two attached hydrogens (primary N) is 1. The van der Waals surface area contributed by atoms with Gasteiger partial charge in [0.25, 0.3) is 0 Å². The Hall–Kier alpha value is -3.43. The Balaban J connectivity index is 1.55. The summed E-state index contributed by atoms with van der Waals surface area (Å²) in [6, 6.07) is 9.12. The van der Waals surface area contributed by atoms with E-state index >= 15 is 0 Å². The van der Waals surface area contributed by atoms with Crippen molar-refractivity contribution in [3.63, 3.8) is 0 Å². The van der Waals surface area contributed by atoms with Crippen LogP contribution in [-0.4, -0.2) is 29.5 Å². The maximum Gasteiger partial charge on any atom is 0.190 e. The van der Waals surface area contributed by atoms with E-state index < -0.39 is 17.4 Å². The van der Waals surface area contributed by atoms with Crippen LogP contribution in [0, 0.1) is 11.6 Å². The first-order valence-corrected chi connectivity index (χ1v) is 11.1. The molecule has 5 rings (SSSR count). The number of halogens is 3. The van der Waals surface area contributed by atoms with Crippen LogP contribution in [0.3, 0.4) is 0 Å². The van der Waals surface area contributed by atoms with E-state index in [1.54, 1.807) is 31.2 Å². The molecule has 1 aromatic heterocycles. The largest absolute Gasteiger partial charge is 0.495 e. The lowest BCUT2D eigenvalue weighted by atomic mass is 9.93. The van der Waals surface area contributed by atoms with Crippen molar-refractivity contribution >= 4 is 17.4 Å². The zero-order valence-electron chi connectivity index (χ0n) is 18.6. The maximum atomic E-state index is 14.0. The van der Waals surface area contributed by atoms with Gasteiger partial charge in [-0.25, -0.2) is 13.8 Å². The molecule has 0 fully saturated rings. The first-order valence-electron chi connectivity index (χ1n) is 10.7. The van der Waals surface area contributed by atoms with Gasteiger partial charge >= 0.3 is 0 Å². The molecule has 3 aromatic rings. The van der Waals surface area contributed by atoms with Gasteiger partial charge in [-0.2, -0.15) is 0 Å². The van der Waals surface area contributed by atoms with Gasteiger partial charge in [0.1, 0.15) is 34.7 Å². The molecule has 0 radical (unpaired) electrons. The topological polar surface area (TPSA) is 89.5 Å². The van der Waals surface area contributed by atoms with Gasteiger partial charge in [0.2, 0.25) is 0 Å². The van der Waals surface area contributed by atoms with Crippen molar-refractivity contribution in [2.24, 2.45) is 10.7 Å². The van der Waals surface area contributed by atoms with Crippen LogP contribution in [0.25, 0.3) is 5.69 Å². The molecule has 2 aromatic carbocycles. The minimum Gasteiger partial charge on any atom is -0.495 e. The molecule has 2 aliphatic rings. The van der Waals surface area contributed by atoms with E-state index in [0.717, 1.165) is 23.0 Å². The maximum absolute atomic E-state index is 14.0. The Labute approximate surface area is 200 Å². The van der Waals surface area contributed by atoms with E-state index in [4.69, 9.17) is 22.1 Å². The Kier molecular flexibility index (Phi) is 5.53. The van der Waals surface area contributed by atoms with Crippen LogP contribution < -0.4 is 21.1 Å². The second-order valence-electron chi connectivity index (χ2n) is 8.31. The Bertz CT molecular complexity index is 1320. The summed E-state index contributed by atoms with van der Waals surface area (Å²) in [6.07, 6.45) is 4.65. The lowest BCUT2D eigenvalue weighted by molar-refractivity contribution is 0.328. The number of amidine groups is 1. The first kappa shape index (κ1) is 22.4. The van der Waals surface area contributed by atoms with Crippen molar-refractivity contribution in [3.8, 4) is 11.4 Å². The summed E-state index contributed by atoms with van der Waals surface area (Å²) in [7, 11) is 3.25. The molecule has 176 valence electrons. The van der Waals surface area contributed by atoms with Gasteiger partial charge in [0, 0.05) is 42.1 Å².